The van der Waals surface area contributed by atoms with Crippen molar-refractivity contribution in [3.05, 3.63) is 45.9 Å². The number of thiazole rings is 1. The van der Waals surface area contributed by atoms with Crippen molar-refractivity contribution in [2.24, 2.45) is 5.73 Å². The third kappa shape index (κ3) is 3.62. The van der Waals surface area contributed by atoms with Gasteiger partial charge in [0.25, 0.3) is 0 Å². The average molecular weight is 296 g/mol. The van der Waals surface area contributed by atoms with E-state index in [0.717, 1.165) is 16.3 Å². The zero-order chi connectivity index (χ0) is 14.0. The van der Waals surface area contributed by atoms with Gasteiger partial charge in [-0.2, -0.15) is 0 Å². The topological polar surface area (TPSA) is 73.1 Å². The van der Waals surface area contributed by atoms with E-state index in [1.807, 2.05) is 12.3 Å². The minimum Gasteiger partial charge on any atom is -0.324 e. The predicted octanol–water partition coefficient (Wildman–Crippen LogP) is 2.10. The molecule has 1 atom stereocenters. The molecule has 0 aliphatic carbocycles. The Morgan fingerprint density at radius 3 is 2.42 bits per heavy atom. The lowest BCUT2D eigenvalue weighted by atomic mass is 10.1. The number of nitrogens with zero attached hydrogens (tertiary/aromatic N) is 1. The van der Waals surface area contributed by atoms with Crippen LogP contribution in [-0.2, 0) is 16.3 Å². The molecule has 0 bridgehead atoms. The standard InChI is InChI=1S/C13H16N2O2S2/c1-9-8-18-13(15-9)7-12(14)10-3-5-11(6-4-10)19(2,16)17/h3-6,8,12H,7,14H2,1-2H3. The Bertz CT molecular complexity index is 660. The lowest BCUT2D eigenvalue weighted by molar-refractivity contribution is 0.601. The van der Waals surface area contributed by atoms with Gasteiger partial charge in [0.05, 0.1) is 9.90 Å². The summed E-state index contributed by atoms with van der Waals surface area (Å²) in [6, 6.07) is 6.55. The number of hydrogen-bond acceptors (Lipinski definition) is 5. The largest absolute Gasteiger partial charge is 0.324 e. The van der Waals surface area contributed by atoms with E-state index in [1.165, 1.54) is 6.26 Å². The van der Waals surface area contributed by atoms with E-state index in [4.69, 9.17) is 5.73 Å². The highest BCUT2D eigenvalue weighted by Gasteiger charge is 2.11. The normalized spacial score (nSPS) is 13.4. The molecule has 102 valence electrons. The summed E-state index contributed by atoms with van der Waals surface area (Å²) in [4.78, 5) is 4.69. The minimum atomic E-state index is -3.15. The van der Waals surface area contributed by atoms with E-state index in [0.29, 0.717) is 11.3 Å². The van der Waals surface area contributed by atoms with Gasteiger partial charge in [-0.3, -0.25) is 0 Å². The van der Waals surface area contributed by atoms with Gasteiger partial charge in [0, 0.05) is 29.8 Å². The maximum Gasteiger partial charge on any atom is 0.175 e. The molecule has 0 spiro atoms. The van der Waals surface area contributed by atoms with Crippen LogP contribution in [0.5, 0.6) is 0 Å². The predicted molar refractivity (Wildman–Crippen MR) is 77.0 cm³/mol. The molecule has 19 heavy (non-hydrogen) atoms. The summed E-state index contributed by atoms with van der Waals surface area (Å²) in [5, 5.41) is 2.99. The molecule has 2 rings (SSSR count). The van der Waals surface area contributed by atoms with Gasteiger partial charge in [-0.15, -0.1) is 11.3 Å². The van der Waals surface area contributed by atoms with Crippen LogP contribution in [0.4, 0.5) is 0 Å². The van der Waals surface area contributed by atoms with Gasteiger partial charge >= 0.3 is 0 Å². The first kappa shape index (κ1) is 14.2. The van der Waals surface area contributed by atoms with Crippen LogP contribution in [0.25, 0.3) is 0 Å². The number of aromatic nitrogens is 1. The summed E-state index contributed by atoms with van der Waals surface area (Å²) in [6.45, 7) is 1.95. The van der Waals surface area contributed by atoms with Crippen molar-refractivity contribution in [1.29, 1.82) is 0 Å². The Morgan fingerprint density at radius 1 is 1.32 bits per heavy atom. The number of aryl methyl sites for hydroxylation is 1. The zero-order valence-electron chi connectivity index (χ0n) is 10.8. The molecule has 1 unspecified atom stereocenters. The maximum atomic E-state index is 11.4. The number of nitrogens with two attached hydrogens (primary N) is 1. The molecule has 2 N–H and O–H groups in total. The van der Waals surface area contributed by atoms with E-state index in [9.17, 15) is 8.42 Å². The van der Waals surface area contributed by atoms with Gasteiger partial charge in [-0.25, -0.2) is 13.4 Å². The Hall–Kier alpha value is -1.24. The molecule has 0 aliphatic heterocycles. The third-order valence-electron chi connectivity index (χ3n) is 2.80. The minimum absolute atomic E-state index is 0.167. The fourth-order valence-electron chi connectivity index (χ4n) is 1.76. The number of hydrogen-bond donors (Lipinski definition) is 1. The van der Waals surface area contributed by atoms with Crippen molar-refractivity contribution in [2.45, 2.75) is 24.3 Å². The fraction of sp³-hybridized carbons (Fsp3) is 0.308. The van der Waals surface area contributed by atoms with Gasteiger partial charge in [-0.1, -0.05) is 12.1 Å². The van der Waals surface area contributed by atoms with Gasteiger partial charge in [0.2, 0.25) is 0 Å². The highest BCUT2D eigenvalue weighted by atomic mass is 32.2. The maximum absolute atomic E-state index is 11.4. The second kappa shape index (κ2) is 5.40. The SMILES string of the molecule is Cc1csc(CC(N)c2ccc(S(C)(=O)=O)cc2)n1. The molecule has 1 heterocycles. The van der Waals surface area contributed by atoms with E-state index in [-0.39, 0.29) is 6.04 Å². The van der Waals surface area contributed by atoms with E-state index in [2.05, 4.69) is 4.98 Å². The molecule has 0 fully saturated rings. The molecule has 0 saturated heterocycles. The Labute approximate surface area is 117 Å². The molecule has 1 aromatic heterocycles. The monoisotopic (exact) mass is 296 g/mol. The van der Waals surface area contributed by atoms with Crippen LogP contribution < -0.4 is 5.73 Å². The number of sulfone groups is 1. The lowest BCUT2D eigenvalue weighted by Gasteiger charge is -2.10. The molecule has 1 aromatic carbocycles. The summed E-state index contributed by atoms with van der Waals surface area (Å²) in [5.41, 5.74) is 8.03. The van der Waals surface area contributed by atoms with Crippen molar-refractivity contribution in [3.8, 4) is 0 Å². The molecule has 0 aliphatic rings. The number of benzene rings is 1. The summed E-state index contributed by atoms with van der Waals surface area (Å²) in [6.07, 6.45) is 1.86. The Morgan fingerprint density at radius 2 is 1.95 bits per heavy atom. The van der Waals surface area contributed by atoms with Gasteiger partial charge in [0.1, 0.15) is 0 Å². The van der Waals surface area contributed by atoms with Crippen molar-refractivity contribution in [1.82, 2.24) is 4.98 Å². The Kier molecular flexibility index (Phi) is 4.03. The van der Waals surface area contributed by atoms with Crippen LogP contribution in [0.1, 0.15) is 22.3 Å². The van der Waals surface area contributed by atoms with E-state index < -0.39 is 9.84 Å². The van der Waals surface area contributed by atoms with Crippen molar-refractivity contribution in [2.75, 3.05) is 6.26 Å². The highest BCUT2D eigenvalue weighted by Crippen LogP contribution is 2.20. The van der Waals surface area contributed by atoms with Crippen LogP contribution >= 0.6 is 11.3 Å². The van der Waals surface area contributed by atoms with Crippen molar-refractivity contribution >= 4 is 21.2 Å². The zero-order valence-corrected chi connectivity index (χ0v) is 12.5. The van der Waals surface area contributed by atoms with E-state index in [1.54, 1.807) is 35.6 Å². The summed E-state index contributed by atoms with van der Waals surface area (Å²) in [5.74, 6) is 0. The quantitative estimate of drug-likeness (QED) is 0.937. The molecule has 0 saturated carbocycles. The first-order valence-electron chi connectivity index (χ1n) is 5.83. The molecule has 0 radical (unpaired) electrons. The van der Waals surface area contributed by atoms with Gasteiger partial charge in [0.15, 0.2) is 9.84 Å². The lowest BCUT2D eigenvalue weighted by Crippen LogP contribution is -2.13. The van der Waals surface area contributed by atoms with Gasteiger partial charge < -0.3 is 5.73 Å². The summed E-state index contributed by atoms with van der Waals surface area (Å²) in [7, 11) is -3.15. The third-order valence-corrected chi connectivity index (χ3v) is 4.91. The molecular formula is C13H16N2O2S2. The second-order valence-corrected chi connectivity index (χ2v) is 7.49. The van der Waals surface area contributed by atoms with Gasteiger partial charge in [-0.05, 0) is 24.6 Å². The Balaban J connectivity index is 2.14. The summed E-state index contributed by atoms with van der Waals surface area (Å²) < 4.78 is 22.7. The van der Waals surface area contributed by atoms with Crippen molar-refractivity contribution in [3.63, 3.8) is 0 Å². The fourth-order valence-corrected chi connectivity index (χ4v) is 3.23. The van der Waals surface area contributed by atoms with Crippen LogP contribution in [0, 0.1) is 6.92 Å². The second-order valence-electron chi connectivity index (χ2n) is 4.53. The first-order valence-corrected chi connectivity index (χ1v) is 8.60. The number of rotatable bonds is 4. The van der Waals surface area contributed by atoms with Crippen LogP contribution in [0.15, 0.2) is 34.5 Å². The van der Waals surface area contributed by atoms with Crippen LogP contribution in [-0.4, -0.2) is 19.7 Å². The summed E-state index contributed by atoms with van der Waals surface area (Å²) >= 11 is 1.59. The molecule has 0 amide bonds. The smallest absolute Gasteiger partial charge is 0.175 e. The highest BCUT2D eigenvalue weighted by molar-refractivity contribution is 7.90. The average Bonchev–Trinajstić information content (AvgIpc) is 2.74. The molecule has 6 heteroatoms. The molecular weight excluding hydrogens is 280 g/mol. The van der Waals surface area contributed by atoms with E-state index >= 15 is 0 Å². The molecule has 4 nitrogen and oxygen atoms in total. The molecule has 2 aromatic rings. The first-order chi connectivity index (χ1) is 8.86. The van der Waals surface area contributed by atoms with Crippen LogP contribution in [0.2, 0.25) is 0 Å². The van der Waals surface area contributed by atoms with Crippen molar-refractivity contribution < 1.29 is 8.42 Å². The van der Waals surface area contributed by atoms with Crippen LogP contribution in [0.3, 0.4) is 0 Å².